The van der Waals surface area contributed by atoms with Crippen LogP contribution >= 0.6 is 0 Å². The molecule has 28 heavy (non-hydrogen) atoms. The molecule has 148 valence electrons. The van der Waals surface area contributed by atoms with Crippen LogP contribution in [0.2, 0.25) is 0 Å². The lowest BCUT2D eigenvalue weighted by molar-refractivity contribution is -0.142. The fourth-order valence-corrected chi connectivity index (χ4v) is 3.37. The highest BCUT2D eigenvalue weighted by molar-refractivity contribution is 6.02. The van der Waals surface area contributed by atoms with E-state index < -0.39 is 0 Å². The minimum atomic E-state index is -0.309. The fourth-order valence-electron chi connectivity index (χ4n) is 3.37. The van der Waals surface area contributed by atoms with Crippen molar-refractivity contribution in [2.45, 2.75) is 32.1 Å². The Balaban J connectivity index is 1.59. The standard InChI is InChI=1S/C21H25N3O4/c1-28-20(26)13-5-4-12-19(25)23-14-7-15-24(23)21(27)22-18-11-6-9-16-8-2-3-10-17(16)18/h2-3,6,8-11H,4-5,7,12-15H2,1H3,(H,22,27). The van der Waals surface area contributed by atoms with Crippen LogP contribution in [0.1, 0.15) is 32.1 Å². The smallest absolute Gasteiger partial charge is 0.340 e. The van der Waals surface area contributed by atoms with E-state index in [4.69, 9.17) is 0 Å². The number of carbonyl (C=O) groups is 3. The number of rotatable bonds is 6. The second kappa shape index (κ2) is 9.21. The summed E-state index contributed by atoms with van der Waals surface area (Å²) in [5.74, 6) is -0.375. The third-order valence-electron chi connectivity index (χ3n) is 4.83. The normalized spacial score (nSPS) is 13.6. The molecule has 1 N–H and O–H groups in total. The van der Waals surface area contributed by atoms with Gasteiger partial charge in [0.15, 0.2) is 0 Å². The van der Waals surface area contributed by atoms with Crippen LogP contribution in [-0.4, -0.2) is 48.1 Å². The van der Waals surface area contributed by atoms with Crippen LogP contribution in [0.25, 0.3) is 10.8 Å². The molecule has 1 aliphatic heterocycles. The number of nitrogens with one attached hydrogen (secondary N) is 1. The third-order valence-corrected chi connectivity index (χ3v) is 4.83. The molecule has 0 bridgehead atoms. The molecule has 0 radical (unpaired) electrons. The number of amides is 3. The van der Waals surface area contributed by atoms with Gasteiger partial charge in [-0.1, -0.05) is 36.4 Å². The first kappa shape index (κ1) is 19.7. The highest BCUT2D eigenvalue weighted by Gasteiger charge is 2.30. The van der Waals surface area contributed by atoms with Crippen molar-refractivity contribution in [1.82, 2.24) is 10.0 Å². The van der Waals surface area contributed by atoms with Crippen LogP contribution in [0.4, 0.5) is 10.5 Å². The molecule has 0 aromatic heterocycles. The van der Waals surface area contributed by atoms with E-state index in [0.717, 1.165) is 22.9 Å². The zero-order valence-corrected chi connectivity index (χ0v) is 16.0. The van der Waals surface area contributed by atoms with Gasteiger partial charge in [0.25, 0.3) is 0 Å². The number of fused-ring (bicyclic) bond motifs is 1. The monoisotopic (exact) mass is 383 g/mol. The molecule has 3 amide bonds. The number of urea groups is 1. The lowest BCUT2D eigenvalue weighted by Gasteiger charge is -2.28. The Labute approximate surface area is 164 Å². The summed E-state index contributed by atoms with van der Waals surface area (Å²) in [6.07, 6.45) is 2.53. The second-order valence-corrected chi connectivity index (χ2v) is 6.73. The molecule has 2 aromatic carbocycles. The van der Waals surface area contributed by atoms with Gasteiger partial charge >= 0.3 is 12.0 Å². The summed E-state index contributed by atoms with van der Waals surface area (Å²) >= 11 is 0. The van der Waals surface area contributed by atoms with Crippen LogP contribution in [0, 0.1) is 0 Å². The summed E-state index contributed by atoms with van der Waals surface area (Å²) in [4.78, 5) is 36.5. The summed E-state index contributed by atoms with van der Waals surface area (Å²) < 4.78 is 4.60. The number of hydrogen-bond donors (Lipinski definition) is 1. The minimum absolute atomic E-state index is 0.101. The molecule has 1 heterocycles. The van der Waals surface area contributed by atoms with Crippen LogP contribution in [0.3, 0.4) is 0 Å². The van der Waals surface area contributed by atoms with Gasteiger partial charge in [-0.25, -0.2) is 9.80 Å². The molecule has 0 spiro atoms. The van der Waals surface area contributed by atoms with E-state index >= 15 is 0 Å². The van der Waals surface area contributed by atoms with Crippen LogP contribution < -0.4 is 5.32 Å². The van der Waals surface area contributed by atoms with Crippen molar-refractivity contribution in [2.24, 2.45) is 0 Å². The number of esters is 1. The lowest BCUT2D eigenvalue weighted by atomic mass is 10.1. The SMILES string of the molecule is COC(=O)CCCCC(=O)N1CCCN1C(=O)Nc1cccc2ccccc12. The van der Waals surface area contributed by atoms with Crippen molar-refractivity contribution in [2.75, 3.05) is 25.5 Å². The molecule has 0 unspecified atom stereocenters. The Kier molecular flexibility index (Phi) is 6.47. The van der Waals surface area contributed by atoms with Crippen LogP contribution in [-0.2, 0) is 14.3 Å². The number of hydrazine groups is 1. The molecule has 7 heteroatoms. The van der Waals surface area contributed by atoms with Gasteiger partial charge in [-0.2, -0.15) is 0 Å². The van der Waals surface area contributed by atoms with Gasteiger partial charge in [0.2, 0.25) is 5.91 Å². The highest BCUT2D eigenvalue weighted by atomic mass is 16.5. The number of anilines is 1. The van der Waals surface area contributed by atoms with Crippen LogP contribution in [0.15, 0.2) is 42.5 Å². The average Bonchev–Trinajstić information content (AvgIpc) is 3.21. The summed E-state index contributed by atoms with van der Waals surface area (Å²) in [6, 6.07) is 13.3. The first-order chi connectivity index (χ1) is 13.6. The van der Waals surface area contributed by atoms with Crippen molar-refractivity contribution >= 4 is 34.4 Å². The predicted octanol–water partition coefficient (Wildman–Crippen LogP) is 3.55. The molecule has 1 fully saturated rings. The summed E-state index contributed by atoms with van der Waals surface area (Å²) in [6.45, 7) is 1.03. The molecule has 3 rings (SSSR count). The van der Waals surface area contributed by atoms with Crippen molar-refractivity contribution < 1.29 is 19.1 Å². The number of ether oxygens (including phenoxy) is 1. The molecular formula is C21H25N3O4. The fraction of sp³-hybridized carbons (Fsp3) is 0.381. The maximum Gasteiger partial charge on any atom is 0.340 e. The van der Waals surface area contributed by atoms with Crippen LogP contribution in [0.5, 0.6) is 0 Å². The predicted molar refractivity (Wildman–Crippen MR) is 106 cm³/mol. The van der Waals surface area contributed by atoms with Crippen molar-refractivity contribution in [1.29, 1.82) is 0 Å². The van der Waals surface area contributed by atoms with E-state index in [1.54, 1.807) is 0 Å². The first-order valence-corrected chi connectivity index (χ1v) is 9.53. The van der Waals surface area contributed by atoms with Gasteiger partial charge in [-0.05, 0) is 30.7 Å². The van der Waals surface area contributed by atoms with Crippen molar-refractivity contribution in [3.63, 3.8) is 0 Å². The van der Waals surface area contributed by atoms with Crippen molar-refractivity contribution in [3.8, 4) is 0 Å². The van der Waals surface area contributed by atoms with E-state index in [-0.39, 0.29) is 17.9 Å². The number of hydrogen-bond acceptors (Lipinski definition) is 4. The minimum Gasteiger partial charge on any atom is -0.469 e. The molecule has 0 atom stereocenters. The number of carbonyl (C=O) groups excluding carboxylic acids is 3. The number of nitrogens with zero attached hydrogens (tertiary/aromatic N) is 2. The van der Waals surface area contributed by atoms with Gasteiger partial charge < -0.3 is 10.1 Å². The Bertz CT molecular complexity index is 862. The summed E-state index contributed by atoms with van der Waals surface area (Å²) in [7, 11) is 1.35. The number of methoxy groups -OCH3 is 1. The second-order valence-electron chi connectivity index (χ2n) is 6.73. The van der Waals surface area contributed by atoms with Gasteiger partial charge in [0.05, 0.1) is 12.8 Å². The number of unbranched alkanes of at least 4 members (excludes halogenated alkanes) is 1. The molecule has 7 nitrogen and oxygen atoms in total. The van der Waals surface area contributed by atoms with Gasteiger partial charge in [-0.15, -0.1) is 0 Å². The topological polar surface area (TPSA) is 79.0 Å². The lowest BCUT2D eigenvalue weighted by Crippen LogP contribution is -2.46. The van der Waals surface area contributed by atoms with E-state index in [2.05, 4.69) is 10.1 Å². The highest BCUT2D eigenvalue weighted by Crippen LogP contribution is 2.24. The van der Waals surface area contributed by atoms with Gasteiger partial charge in [0, 0.05) is 31.3 Å². The Morgan fingerprint density at radius 2 is 1.68 bits per heavy atom. The van der Waals surface area contributed by atoms with Gasteiger partial charge in [-0.3, -0.25) is 14.6 Å². The molecule has 1 saturated heterocycles. The summed E-state index contributed by atoms with van der Waals surface area (Å²) in [5.41, 5.74) is 0.723. The maximum absolute atomic E-state index is 12.8. The first-order valence-electron chi connectivity index (χ1n) is 9.53. The maximum atomic E-state index is 12.8. The molecule has 0 aliphatic carbocycles. The molecule has 2 aromatic rings. The van der Waals surface area contributed by atoms with Gasteiger partial charge in [0.1, 0.15) is 0 Å². The zero-order valence-electron chi connectivity index (χ0n) is 16.0. The Morgan fingerprint density at radius 1 is 0.964 bits per heavy atom. The Hall–Kier alpha value is -3.09. The van der Waals surface area contributed by atoms with Crippen molar-refractivity contribution in [3.05, 3.63) is 42.5 Å². The largest absolute Gasteiger partial charge is 0.469 e. The zero-order chi connectivity index (χ0) is 19.9. The average molecular weight is 383 g/mol. The molecule has 0 saturated carbocycles. The summed E-state index contributed by atoms with van der Waals surface area (Å²) in [5, 5.41) is 7.92. The van der Waals surface area contributed by atoms with E-state index in [1.807, 2.05) is 42.5 Å². The Morgan fingerprint density at radius 3 is 2.50 bits per heavy atom. The third kappa shape index (κ3) is 4.60. The van der Waals surface area contributed by atoms with E-state index in [9.17, 15) is 14.4 Å². The van der Waals surface area contributed by atoms with E-state index in [1.165, 1.54) is 17.1 Å². The molecular weight excluding hydrogens is 358 g/mol. The molecule has 1 aliphatic rings. The number of benzene rings is 2. The quantitative estimate of drug-likeness (QED) is 0.611. The van der Waals surface area contributed by atoms with E-state index in [0.29, 0.717) is 38.8 Å².